The van der Waals surface area contributed by atoms with Gasteiger partial charge in [-0.15, -0.1) is 0 Å². The molecule has 0 saturated carbocycles. The average molecular weight is 420 g/mol. The third kappa shape index (κ3) is 4.83. The Balaban J connectivity index is 2.48. The molecular weight excluding hydrogens is 410 g/mol. The fourth-order valence-corrected chi connectivity index (χ4v) is 3.19. The first kappa shape index (κ1) is 21.3. The smallest absolute Gasteiger partial charge is 0.360 e. The lowest BCUT2D eigenvalue weighted by molar-refractivity contribution is -0.143. The van der Waals surface area contributed by atoms with Crippen molar-refractivity contribution in [2.45, 2.75) is 17.2 Å². The lowest BCUT2D eigenvalue weighted by Crippen LogP contribution is -2.12. The van der Waals surface area contributed by atoms with Crippen LogP contribution in [0.15, 0.2) is 64.5 Å². The van der Waals surface area contributed by atoms with Crippen LogP contribution < -0.4 is 5.32 Å². The molecule has 0 aliphatic rings. The van der Waals surface area contributed by atoms with Gasteiger partial charge in [0, 0.05) is 11.9 Å². The van der Waals surface area contributed by atoms with Gasteiger partial charge in [-0.2, -0.15) is 31.6 Å². The molecule has 2 aromatic carbocycles. The van der Waals surface area contributed by atoms with Crippen LogP contribution in [-0.4, -0.2) is 8.42 Å². The molecule has 0 aliphatic heterocycles. The number of sulfone groups is 1. The normalized spacial score (nSPS) is 13.1. The van der Waals surface area contributed by atoms with Crippen molar-refractivity contribution in [3.05, 3.63) is 70.8 Å². The Hall–Kier alpha value is -3.00. The number of benzene rings is 2. The Bertz CT molecular complexity index is 1000. The second-order valence-electron chi connectivity index (χ2n) is 5.38. The second-order valence-corrected chi connectivity index (χ2v) is 7.29. The lowest BCUT2D eigenvalue weighted by Gasteiger charge is -2.14. The zero-order valence-electron chi connectivity index (χ0n) is 13.6. The van der Waals surface area contributed by atoms with E-state index in [9.17, 15) is 34.8 Å². The molecular formula is C17H10F6N2O2S. The predicted molar refractivity (Wildman–Crippen MR) is 87.4 cm³/mol. The van der Waals surface area contributed by atoms with Gasteiger partial charge in [0.25, 0.3) is 0 Å². The summed E-state index contributed by atoms with van der Waals surface area (Å²) in [5, 5.41) is 11.1. The first-order valence-electron chi connectivity index (χ1n) is 7.32. The monoisotopic (exact) mass is 420 g/mol. The minimum atomic E-state index is -5.06. The van der Waals surface area contributed by atoms with E-state index in [1.54, 1.807) is 0 Å². The zero-order chi connectivity index (χ0) is 21.2. The maximum atomic E-state index is 12.9. The molecule has 0 amide bonds. The van der Waals surface area contributed by atoms with Gasteiger partial charge in [-0.1, -0.05) is 18.2 Å². The van der Waals surface area contributed by atoms with Gasteiger partial charge in [0.05, 0.1) is 16.0 Å². The van der Waals surface area contributed by atoms with E-state index < -0.39 is 43.9 Å². The fraction of sp³-hybridized carbons (Fsp3) is 0.118. The molecule has 1 N–H and O–H groups in total. The topological polar surface area (TPSA) is 70.0 Å². The molecule has 0 atom stereocenters. The van der Waals surface area contributed by atoms with Gasteiger partial charge in [0.15, 0.2) is 4.91 Å². The van der Waals surface area contributed by atoms with Crippen LogP contribution in [-0.2, 0) is 22.2 Å². The highest BCUT2D eigenvalue weighted by Crippen LogP contribution is 2.37. The lowest BCUT2D eigenvalue weighted by atomic mass is 10.1. The highest BCUT2D eigenvalue weighted by molar-refractivity contribution is 7.95. The third-order valence-corrected chi connectivity index (χ3v) is 5.09. The Kier molecular flexibility index (Phi) is 5.75. The van der Waals surface area contributed by atoms with Crippen LogP contribution in [0.5, 0.6) is 0 Å². The summed E-state index contributed by atoms with van der Waals surface area (Å²) < 4.78 is 102. The van der Waals surface area contributed by atoms with Crippen molar-refractivity contribution in [3.8, 4) is 6.07 Å². The largest absolute Gasteiger partial charge is 0.416 e. The molecule has 28 heavy (non-hydrogen) atoms. The minimum absolute atomic E-state index is 0.0686. The van der Waals surface area contributed by atoms with Gasteiger partial charge in [0.1, 0.15) is 6.07 Å². The van der Waals surface area contributed by atoms with Crippen LogP contribution in [0, 0.1) is 11.3 Å². The van der Waals surface area contributed by atoms with Crippen LogP contribution in [0.25, 0.3) is 0 Å². The molecule has 0 unspecified atom stereocenters. The van der Waals surface area contributed by atoms with Gasteiger partial charge in [-0.3, -0.25) is 0 Å². The van der Waals surface area contributed by atoms with Crippen molar-refractivity contribution < 1.29 is 34.8 Å². The number of nitriles is 1. The average Bonchev–Trinajstić information content (AvgIpc) is 2.61. The standard InChI is InChI=1S/C17H10F6N2O2S/c18-16(19,20)11-6-12(17(21,22)23)8-13(7-11)25-10-15(9-24)28(26,27)14-4-2-1-3-5-14/h1-8,10,25H/b15-10+. The number of nitrogens with one attached hydrogen (secondary N) is 1. The van der Waals surface area contributed by atoms with E-state index in [1.807, 2.05) is 5.32 Å². The fourth-order valence-electron chi connectivity index (χ4n) is 2.08. The van der Waals surface area contributed by atoms with Gasteiger partial charge in [0.2, 0.25) is 9.84 Å². The number of nitrogens with zero attached hydrogens (tertiary/aromatic N) is 1. The Labute approximate surface area is 155 Å². The van der Waals surface area contributed by atoms with E-state index in [1.165, 1.54) is 36.4 Å². The summed E-state index contributed by atoms with van der Waals surface area (Å²) in [5.41, 5.74) is -3.84. The van der Waals surface area contributed by atoms with E-state index in [0.29, 0.717) is 18.3 Å². The maximum Gasteiger partial charge on any atom is 0.416 e. The van der Waals surface area contributed by atoms with Gasteiger partial charge in [-0.25, -0.2) is 8.42 Å². The molecule has 0 heterocycles. The molecule has 4 nitrogen and oxygen atoms in total. The minimum Gasteiger partial charge on any atom is -0.360 e. The van der Waals surface area contributed by atoms with Crippen LogP contribution in [0.1, 0.15) is 11.1 Å². The molecule has 0 aromatic heterocycles. The molecule has 148 valence electrons. The number of anilines is 1. The first-order chi connectivity index (χ1) is 12.9. The van der Waals surface area contributed by atoms with E-state index in [-0.39, 0.29) is 11.0 Å². The summed E-state index contributed by atoms with van der Waals surface area (Å²) in [7, 11) is -4.31. The molecule has 2 rings (SSSR count). The first-order valence-corrected chi connectivity index (χ1v) is 8.80. The number of alkyl halides is 6. The highest BCUT2D eigenvalue weighted by Gasteiger charge is 2.37. The van der Waals surface area contributed by atoms with Gasteiger partial charge >= 0.3 is 12.4 Å². The van der Waals surface area contributed by atoms with Crippen molar-refractivity contribution in [2.24, 2.45) is 0 Å². The van der Waals surface area contributed by atoms with Crippen LogP contribution in [0.3, 0.4) is 0 Å². The van der Waals surface area contributed by atoms with Crippen molar-refractivity contribution in [2.75, 3.05) is 5.32 Å². The van der Waals surface area contributed by atoms with Crippen LogP contribution in [0.2, 0.25) is 0 Å². The van der Waals surface area contributed by atoms with E-state index in [4.69, 9.17) is 5.26 Å². The van der Waals surface area contributed by atoms with Crippen molar-refractivity contribution >= 4 is 15.5 Å². The van der Waals surface area contributed by atoms with E-state index in [0.717, 1.165) is 0 Å². The number of halogens is 6. The highest BCUT2D eigenvalue weighted by atomic mass is 32.2. The SMILES string of the molecule is N#C/C(=C\Nc1cc(C(F)(F)F)cc(C(F)(F)F)c1)S(=O)(=O)c1ccccc1. The van der Waals surface area contributed by atoms with Crippen molar-refractivity contribution in [1.29, 1.82) is 5.26 Å². The van der Waals surface area contributed by atoms with Crippen molar-refractivity contribution in [3.63, 3.8) is 0 Å². The molecule has 0 spiro atoms. The number of allylic oxidation sites excluding steroid dienone is 1. The quantitative estimate of drug-likeness (QED) is 0.560. The number of rotatable bonds is 4. The molecule has 0 saturated heterocycles. The maximum absolute atomic E-state index is 12.9. The second kappa shape index (κ2) is 7.55. The van der Waals surface area contributed by atoms with Crippen LogP contribution in [0.4, 0.5) is 32.0 Å². The summed E-state index contributed by atoms with van der Waals surface area (Å²) in [5.74, 6) is 0. The molecule has 0 radical (unpaired) electrons. The van der Waals surface area contributed by atoms with E-state index in [2.05, 4.69) is 0 Å². The van der Waals surface area contributed by atoms with Gasteiger partial charge in [-0.05, 0) is 30.3 Å². The predicted octanol–water partition coefficient (Wildman–Crippen LogP) is 4.97. The molecule has 11 heteroatoms. The van der Waals surface area contributed by atoms with Crippen LogP contribution >= 0.6 is 0 Å². The number of hydrogen-bond donors (Lipinski definition) is 1. The molecule has 0 aliphatic carbocycles. The molecule has 2 aromatic rings. The summed E-state index contributed by atoms with van der Waals surface area (Å²) in [6, 6.07) is 8.71. The summed E-state index contributed by atoms with van der Waals surface area (Å²) in [6.45, 7) is 0. The summed E-state index contributed by atoms with van der Waals surface area (Å²) >= 11 is 0. The Morgan fingerprint density at radius 3 is 1.86 bits per heavy atom. The zero-order valence-corrected chi connectivity index (χ0v) is 14.5. The van der Waals surface area contributed by atoms with Gasteiger partial charge < -0.3 is 5.32 Å². The van der Waals surface area contributed by atoms with Crippen molar-refractivity contribution in [1.82, 2.24) is 0 Å². The summed E-state index contributed by atoms with van der Waals surface area (Å²) in [4.78, 5) is -1.14. The number of hydrogen-bond acceptors (Lipinski definition) is 4. The molecule has 0 bridgehead atoms. The molecule has 0 fully saturated rings. The van der Waals surface area contributed by atoms with E-state index >= 15 is 0 Å². The Morgan fingerprint density at radius 1 is 0.929 bits per heavy atom. The Morgan fingerprint density at radius 2 is 1.43 bits per heavy atom. The third-order valence-electron chi connectivity index (χ3n) is 3.41. The summed E-state index contributed by atoms with van der Waals surface area (Å²) in [6.07, 6.45) is -9.58.